The first-order chi connectivity index (χ1) is 16.7. The zero-order valence-electron chi connectivity index (χ0n) is 22.3. The molecule has 0 bridgehead atoms. The highest BCUT2D eigenvalue weighted by atomic mass is 16.6. The molecule has 2 fully saturated rings. The van der Waals surface area contributed by atoms with Gasteiger partial charge in [-0.05, 0) is 47.1 Å². The average molecular weight is 507 g/mol. The Hall–Kier alpha value is -2.68. The Labute approximate surface area is 212 Å². The molecule has 200 valence electrons. The third kappa shape index (κ3) is 4.82. The summed E-state index contributed by atoms with van der Waals surface area (Å²) in [4.78, 5) is 50.7. The normalized spacial score (nSPS) is 38.6. The topological polar surface area (TPSA) is 125 Å². The molecule has 0 aromatic heterocycles. The first-order valence-electron chi connectivity index (χ1n) is 12.5. The van der Waals surface area contributed by atoms with Crippen LogP contribution in [0.1, 0.15) is 68.2 Å². The highest BCUT2D eigenvalue weighted by molar-refractivity contribution is 5.88. The van der Waals surface area contributed by atoms with E-state index in [-0.39, 0.29) is 6.42 Å². The van der Waals surface area contributed by atoms with Gasteiger partial charge in [-0.1, -0.05) is 25.5 Å². The number of hydrogen-bond acceptors (Lipinski definition) is 9. The van der Waals surface area contributed by atoms with E-state index in [0.717, 1.165) is 5.57 Å². The van der Waals surface area contributed by atoms with E-state index in [9.17, 15) is 24.3 Å². The van der Waals surface area contributed by atoms with Crippen LogP contribution in [0.15, 0.2) is 23.3 Å². The van der Waals surface area contributed by atoms with Gasteiger partial charge in [0.2, 0.25) is 0 Å². The Balaban J connectivity index is 2.15. The fourth-order valence-corrected chi connectivity index (χ4v) is 5.88. The van der Waals surface area contributed by atoms with Crippen LogP contribution >= 0.6 is 0 Å². The smallest absolute Gasteiger partial charge is 0.338 e. The fraction of sp³-hybridized carbons (Fsp3) is 0.704. The first-order valence-corrected chi connectivity index (χ1v) is 12.5. The van der Waals surface area contributed by atoms with E-state index in [0.29, 0.717) is 12.0 Å². The molecule has 1 N–H and O–H groups in total. The predicted molar refractivity (Wildman–Crippen MR) is 128 cm³/mol. The zero-order valence-corrected chi connectivity index (χ0v) is 22.3. The highest BCUT2D eigenvalue weighted by Crippen LogP contribution is 2.55. The second kappa shape index (κ2) is 10.00. The molecule has 0 amide bonds. The van der Waals surface area contributed by atoms with E-state index in [4.69, 9.17) is 18.9 Å². The molecule has 0 radical (unpaired) electrons. The molecule has 2 aliphatic carbocycles. The molecule has 0 aromatic rings. The zero-order chi connectivity index (χ0) is 27.2. The summed E-state index contributed by atoms with van der Waals surface area (Å²) >= 11 is 0. The van der Waals surface area contributed by atoms with E-state index in [2.05, 4.69) is 0 Å². The summed E-state index contributed by atoms with van der Waals surface area (Å²) in [6.45, 7) is 13.1. The van der Waals surface area contributed by atoms with Gasteiger partial charge in [0.25, 0.3) is 0 Å². The number of carbonyl (C=O) groups excluding carboxylic acids is 4. The number of aliphatic hydroxyl groups is 1. The predicted octanol–water partition coefficient (Wildman–Crippen LogP) is 3.03. The van der Waals surface area contributed by atoms with E-state index >= 15 is 0 Å². The Kier molecular flexibility index (Phi) is 7.75. The molecule has 9 heteroatoms. The maximum absolute atomic E-state index is 12.9. The van der Waals surface area contributed by atoms with Gasteiger partial charge in [0, 0.05) is 30.8 Å². The molecule has 1 aliphatic heterocycles. The van der Waals surface area contributed by atoms with Crippen LogP contribution in [0.2, 0.25) is 0 Å². The SMILES string of the molecule is C/C=C(/C)C(=O)O[C@@H]1C=C(C)[C@H]2[C@@H]3OC(=O)[C@@](C)(O)[C@@H]3[C@@H](OC(=O)C(C)CC)C[C@](C)(OC(C)=O)[C@H]21. The van der Waals surface area contributed by atoms with Gasteiger partial charge in [-0.15, -0.1) is 0 Å². The van der Waals surface area contributed by atoms with Gasteiger partial charge in [0.15, 0.2) is 5.60 Å². The van der Waals surface area contributed by atoms with Crippen LogP contribution < -0.4 is 0 Å². The van der Waals surface area contributed by atoms with E-state index < -0.39 is 77.1 Å². The molecule has 3 aliphatic rings. The van der Waals surface area contributed by atoms with Crippen LogP contribution in [0.5, 0.6) is 0 Å². The molecule has 1 unspecified atom stereocenters. The minimum Gasteiger partial charge on any atom is -0.461 e. The Morgan fingerprint density at radius 3 is 2.42 bits per heavy atom. The number of rotatable bonds is 6. The number of ether oxygens (including phenoxy) is 4. The third-order valence-electron chi connectivity index (χ3n) is 8.08. The summed E-state index contributed by atoms with van der Waals surface area (Å²) in [5.74, 6) is -4.88. The van der Waals surface area contributed by atoms with Gasteiger partial charge >= 0.3 is 23.9 Å². The molecule has 0 aromatic carbocycles. The van der Waals surface area contributed by atoms with E-state index in [1.54, 1.807) is 39.8 Å². The summed E-state index contributed by atoms with van der Waals surface area (Å²) in [5.41, 5.74) is -2.02. The molecule has 1 saturated heterocycles. The van der Waals surface area contributed by atoms with Crippen molar-refractivity contribution in [3.05, 3.63) is 23.3 Å². The van der Waals surface area contributed by atoms with Crippen molar-refractivity contribution in [1.82, 2.24) is 0 Å². The lowest BCUT2D eigenvalue weighted by Crippen LogP contribution is -2.50. The summed E-state index contributed by atoms with van der Waals surface area (Å²) in [5, 5.41) is 11.3. The quantitative estimate of drug-likeness (QED) is 0.250. The van der Waals surface area contributed by atoms with Crippen molar-refractivity contribution < 1.29 is 43.2 Å². The minimum atomic E-state index is -1.94. The Morgan fingerprint density at radius 2 is 1.86 bits per heavy atom. The van der Waals surface area contributed by atoms with Crippen LogP contribution in [0.4, 0.5) is 0 Å². The van der Waals surface area contributed by atoms with Gasteiger partial charge < -0.3 is 24.1 Å². The Morgan fingerprint density at radius 1 is 1.22 bits per heavy atom. The van der Waals surface area contributed by atoms with E-state index in [1.807, 2.05) is 13.8 Å². The molecule has 3 rings (SSSR count). The van der Waals surface area contributed by atoms with Crippen LogP contribution in [-0.4, -0.2) is 58.5 Å². The van der Waals surface area contributed by atoms with Crippen molar-refractivity contribution in [2.45, 2.75) is 97.7 Å². The molecule has 36 heavy (non-hydrogen) atoms. The minimum absolute atomic E-state index is 0.0123. The highest BCUT2D eigenvalue weighted by Gasteiger charge is 2.68. The molecular weight excluding hydrogens is 468 g/mol. The standard InChI is InChI=1S/C27H38O9/c1-9-13(3)23(29)33-17-11-15(5)19-20(17)26(7,36-16(6)28)12-18(34-24(30)14(4)10-2)21-22(19)35-25(31)27(21,8)32/h9,11,14,17-22,32H,10,12H2,1-8H3/b13-9-/t14?,17-,18+,19-,20+,21-,22+,26+,27+/m1/s1. The van der Waals surface area contributed by atoms with Gasteiger partial charge in [0.05, 0.1) is 11.8 Å². The maximum Gasteiger partial charge on any atom is 0.338 e. The number of esters is 4. The summed E-state index contributed by atoms with van der Waals surface area (Å²) in [6, 6.07) is 0. The number of carbonyl (C=O) groups is 4. The lowest BCUT2D eigenvalue weighted by Gasteiger charge is -2.40. The van der Waals surface area contributed by atoms with Gasteiger partial charge in [0.1, 0.15) is 23.9 Å². The lowest BCUT2D eigenvalue weighted by molar-refractivity contribution is -0.183. The molecule has 1 heterocycles. The number of fused-ring (bicyclic) bond motifs is 3. The third-order valence-corrected chi connectivity index (χ3v) is 8.08. The van der Waals surface area contributed by atoms with Crippen LogP contribution in [0, 0.1) is 23.7 Å². The van der Waals surface area contributed by atoms with Crippen molar-refractivity contribution >= 4 is 23.9 Å². The van der Waals surface area contributed by atoms with Gasteiger partial charge in [-0.2, -0.15) is 0 Å². The van der Waals surface area contributed by atoms with Gasteiger partial charge in [-0.25, -0.2) is 9.59 Å². The molecular formula is C27H38O9. The van der Waals surface area contributed by atoms with Crippen molar-refractivity contribution in [1.29, 1.82) is 0 Å². The van der Waals surface area contributed by atoms with Crippen LogP contribution in [0.3, 0.4) is 0 Å². The van der Waals surface area contributed by atoms with Crippen LogP contribution in [-0.2, 0) is 38.1 Å². The number of allylic oxidation sites excluding steroid dienone is 1. The average Bonchev–Trinajstić information content (AvgIpc) is 3.19. The molecule has 9 atom stereocenters. The molecule has 0 spiro atoms. The van der Waals surface area contributed by atoms with Crippen molar-refractivity contribution in [2.75, 3.05) is 0 Å². The van der Waals surface area contributed by atoms with Crippen LogP contribution in [0.25, 0.3) is 0 Å². The summed E-state index contributed by atoms with van der Waals surface area (Å²) < 4.78 is 23.4. The van der Waals surface area contributed by atoms with E-state index in [1.165, 1.54) is 13.8 Å². The fourth-order valence-electron chi connectivity index (χ4n) is 5.88. The van der Waals surface area contributed by atoms with Crippen molar-refractivity contribution in [3.8, 4) is 0 Å². The second-order valence-corrected chi connectivity index (χ2v) is 10.7. The monoisotopic (exact) mass is 506 g/mol. The first kappa shape index (κ1) is 27.9. The maximum atomic E-state index is 12.9. The largest absolute Gasteiger partial charge is 0.461 e. The second-order valence-electron chi connectivity index (χ2n) is 10.7. The Bertz CT molecular complexity index is 993. The summed E-state index contributed by atoms with van der Waals surface area (Å²) in [7, 11) is 0. The lowest BCUT2D eigenvalue weighted by atomic mass is 9.74. The summed E-state index contributed by atoms with van der Waals surface area (Å²) in [6.07, 6.45) is 1.28. The number of hydrogen-bond donors (Lipinski definition) is 1. The van der Waals surface area contributed by atoms with Gasteiger partial charge in [-0.3, -0.25) is 9.59 Å². The molecule has 1 saturated carbocycles. The van der Waals surface area contributed by atoms with Crippen molar-refractivity contribution in [2.24, 2.45) is 23.7 Å². The van der Waals surface area contributed by atoms with Crippen molar-refractivity contribution in [3.63, 3.8) is 0 Å². The molecule has 9 nitrogen and oxygen atoms in total.